The van der Waals surface area contributed by atoms with Crippen LogP contribution in [0, 0.1) is 0 Å². The van der Waals surface area contributed by atoms with Crippen LogP contribution in [0.15, 0.2) is 30.3 Å². The molecule has 1 nitrogen and oxygen atoms in total. The normalized spacial score (nSPS) is 12.8. The van der Waals surface area contributed by atoms with E-state index in [9.17, 15) is 0 Å². The predicted octanol–water partition coefficient (Wildman–Crippen LogP) is 5.91. The molecule has 0 radical (unpaired) electrons. The fraction of sp³-hybridized carbons (Fsp3) is 0.700. The van der Waals surface area contributed by atoms with Crippen molar-refractivity contribution in [3.05, 3.63) is 35.9 Å². The van der Waals surface area contributed by atoms with Gasteiger partial charge in [0.05, 0.1) is 0 Å². The zero-order chi connectivity index (χ0) is 15.3. The van der Waals surface area contributed by atoms with Gasteiger partial charge in [-0.3, -0.25) is 0 Å². The molecule has 0 amide bonds. The lowest BCUT2D eigenvalue weighted by Crippen LogP contribution is -2.32. The van der Waals surface area contributed by atoms with Gasteiger partial charge in [0.15, 0.2) is 0 Å². The van der Waals surface area contributed by atoms with Gasteiger partial charge in [-0.25, -0.2) is 0 Å². The quantitative estimate of drug-likeness (QED) is 0.472. The molecule has 0 aliphatic heterocycles. The maximum absolute atomic E-state index is 3.84. The summed E-state index contributed by atoms with van der Waals surface area (Å²) in [5, 5.41) is 3.84. The topological polar surface area (TPSA) is 12.0 Å². The average Bonchev–Trinajstić information content (AvgIpc) is 2.53. The third-order valence-electron chi connectivity index (χ3n) is 4.39. The highest BCUT2D eigenvalue weighted by molar-refractivity contribution is 5.18. The molecule has 1 rings (SSSR count). The van der Waals surface area contributed by atoms with Crippen molar-refractivity contribution < 1.29 is 0 Å². The lowest BCUT2D eigenvalue weighted by molar-refractivity contribution is 0.409. The second-order valence-corrected chi connectivity index (χ2v) is 6.41. The molecule has 0 aromatic heterocycles. The summed E-state index contributed by atoms with van der Waals surface area (Å²) < 4.78 is 0. The van der Waals surface area contributed by atoms with Gasteiger partial charge in [-0.1, -0.05) is 89.6 Å². The summed E-state index contributed by atoms with van der Waals surface area (Å²) in [6.07, 6.45) is 10.8. The van der Waals surface area contributed by atoms with Crippen LogP contribution in [0.1, 0.15) is 83.6 Å². The van der Waals surface area contributed by atoms with Gasteiger partial charge in [0.25, 0.3) is 0 Å². The van der Waals surface area contributed by atoms with E-state index in [1.165, 1.54) is 56.9 Å². The molecule has 0 aliphatic carbocycles. The molecule has 0 spiro atoms. The summed E-state index contributed by atoms with van der Waals surface area (Å²) in [5.41, 5.74) is 1.45. The zero-order valence-corrected chi connectivity index (χ0v) is 14.4. The fourth-order valence-corrected chi connectivity index (χ4v) is 2.87. The van der Waals surface area contributed by atoms with Gasteiger partial charge in [-0.15, -0.1) is 0 Å². The molecule has 0 bridgehead atoms. The maximum Gasteiger partial charge on any atom is 0.00673 e. The van der Waals surface area contributed by atoms with Crippen LogP contribution < -0.4 is 5.32 Å². The van der Waals surface area contributed by atoms with Crippen molar-refractivity contribution in [2.45, 2.75) is 84.1 Å². The minimum absolute atomic E-state index is 0.603. The maximum atomic E-state index is 3.84. The monoisotopic (exact) mass is 289 g/mol. The van der Waals surface area contributed by atoms with E-state index in [1.54, 1.807) is 0 Å². The second-order valence-electron chi connectivity index (χ2n) is 6.41. The third kappa shape index (κ3) is 8.26. The first kappa shape index (κ1) is 18.2. The van der Waals surface area contributed by atoms with Crippen molar-refractivity contribution in [2.24, 2.45) is 0 Å². The molecule has 1 unspecified atom stereocenters. The van der Waals surface area contributed by atoms with Crippen molar-refractivity contribution in [1.29, 1.82) is 0 Å². The Morgan fingerprint density at radius 2 is 1.43 bits per heavy atom. The van der Waals surface area contributed by atoms with Crippen LogP contribution in [0.2, 0.25) is 0 Å². The molecule has 0 fully saturated rings. The van der Waals surface area contributed by atoms with Crippen molar-refractivity contribution in [3.8, 4) is 0 Å². The van der Waals surface area contributed by atoms with Gasteiger partial charge in [0, 0.05) is 12.6 Å². The first-order valence-electron chi connectivity index (χ1n) is 9.06. The molecule has 1 aromatic carbocycles. The summed E-state index contributed by atoms with van der Waals surface area (Å²) in [5.74, 6) is 0.603. The summed E-state index contributed by atoms with van der Waals surface area (Å²) >= 11 is 0. The van der Waals surface area contributed by atoms with Gasteiger partial charge in [0.2, 0.25) is 0 Å². The molecule has 1 aromatic rings. The number of unbranched alkanes of at least 4 members (excludes halogenated alkanes) is 4. The van der Waals surface area contributed by atoms with Crippen LogP contribution in [0.4, 0.5) is 0 Å². The zero-order valence-electron chi connectivity index (χ0n) is 14.4. The molecule has 120 valence electrons. The highest BCUT2D eigenvalue weighted by Crippen LogP contribution is 2.16. The van der Waals surface area contributed by atoms with Crippen molar-refractivity contribution >= 4 is 0 Å². The minimum atomic E-state index is 0.603. The van der Waals surface area contributed by atoms with Gasteiger partial charge in [-0.05, 0) is 24.3 Å². The Bertz CT molecular complexity index is 323. The van der Waals surface area contributed by atoms with Gasteiger partial charge < -0.3 is 5.32 Å². The van der Waals surface area contributed by atoms with Crippen LogP contribution in [-0.2, 0) is 0 Å². The van der Waals surface area contributed by atoms with Gasteiger partial charge >= 0.3 is 0 Å². The summed E-state index contributed by atoms with van der Waals surface area (Å²) in [6.45, 7) is 8.01. The van der Waals surface area contributed by atoms with Gasteiger partial charge in [0.1, 0.15) is 0 Å². The molecule has 0 aliphatic rings. The van der Waals surface area contributed by atoms with Crippen molar-refractivity contribution in [2.75, 3.05) is 6.54 Å². The van der Waals surface area contributed by atoms with E-state index in [0.29, 0.717) is 12.0 Å². The first-order chi connectivity index (χ1) is 10.3. The Balaban J connectivity index is 2.35. The molecule has 0 heterocycles. The Morgan fingerprint density at radius 1 is 0.857 bits per heavy atom. The van der Waals surface area contributed by atoms with Crippen LogP contribution >= 0.6 is 0 Å². The van der Waals surface area contributed by atoms with E-state index < -0.39 is 0 Å². The standard InChI is InChI=1S/C20H35N/c1-4-6-9-15-20(16-10-7-5-2)21-17-18(3)19-13-11-8-12-14-19/h8,11-14,18,20-21H,4-7,9-10,15-17H2,1-3H3. The molecular formula is C20H35N. The van der Waals surface area contributed by atoms with Gasteiger partial charge in [-0.2, -0.15) is 0 Å². The van der Waals surface area contributed by atoms with E-state index in [4.69, 9.17) is 0 Å². The first-order valence-corrected chi connectivity index (χ1v) is 9.06. The number of rotatable bonds is 12. The number of hydrogen-bond acceptors (Lipinski definition) is 1. The van der Waals surface area contributed by atoms with E-state index in [-0.39, 0.29) is 0 Å². The third-order valence-corrected chi connectivity index (χ3v) is 4.39. The average molecular weight is 290 g/mol. The van der Waals surface area contributed by atoms with Crippen LogP contribution in [0.3, 0.4) is 0 Å². The number of benzene rings is 1. The van der Waals surface area contributed by atoms with Crippen LogP contribution in [0.25, 0.3) is 0 Å². The van der Waals surface area contributed by atoms with E-state index in [1.807, 2.05) is 0 Å². The minimum Gasteiger partial charge on any atom is -0.313 e. The molecular weight excluding hydrogens is 254 g/mol. The van der Waals surface area contributed by atoms with Crippen molar-refractivity contribution in [1.82, 2.24) is 5.32 Å². The number of nitrogens with one attached hydrogen (secondary N) is 1. The smallest absolute Gasteiger partial charge is 0.00673 e. The SMILES string of the molecule is CCCCCC(CCCCC)NCC(C)c1ccccc1. The van der Waals surface area contributed by atoms with E-state index in [0.717, 1.165) is 6.54 Å². The van der Waals surface area contributed by atoms with Crippen LogP contribution in [0.5, 0.6) is 0 Å². The number of hydrogen-bond donors (Lipinski definition) is 1. The molecule has 1 atom stereocenters. The highest BCUT2D eigenvalue weighted by atomic mass is 14.9. The summed E-state index contributed by atoms with van der Waals surface area (Å²) in [4.78, 5) is 0. The van der Waals surface area contributed by atoms with E-state index in [2.05, 4.69) is 56.4 Å². The fourth-order valence-electron chi connectivity index (χ4n) is 2.87. The van der Waals surface area contributed by atoms with E-state index >= 15 is 0 Å². The lowest BCUT2D eigenvalue weighted by Gasteiger charge is -2.21. The predicted molar refractivity (Wildman–Crippen MR) is 94.9 cm³/mol. The summed E-state index contributed by atoms with van der Waals surface area (Å²) in [7, 11) is 0. The molecule has 1 N–H and O–H groups in total. The molecule has 0 saturated heterocycles. The lowest BCUT2D eigenvalue weighted by atomic mass is 9.98. The Hall–Kier alpha value is -0.820. The summed E-state index contributed by atoms with van der Waals surface area (Å²) in [6, 6.07) is 11.6. The molecule has 0 saturated carbocycles. The Morgan fingerprint density at radius 3 is 1.95 bits per heavy atom. The van der Waals surface area contributed by atoms with Crippen LogP contribution in [-0.4, -0.2) is 12.6 Å². The highest BCUT2D eigenvalue weighted by Gasteiger charge is 2.10. The molecule has 21 heavy (non-hydrogen) atoms. The second kappa shape index (κ2) is 11.8. The van der Waals surface area contributed by atoms with Crippen molar-refractivity contribution in [3.63, 3.8) is 0 Å². The molecule has 1 heteroatoms. The Labute approximate surface area is 132 Å². The Kier molecular flexibility index (Phi) is 10.2. The largest absolute Gasteiger partial charge is 0.313 e.